The molecular weight excluding hydrogens is 400 g/mol. The molecule has 0 fully saturated rings. The van der Waals surface area contributed by atoms with Gasteiger partial charge < -0.3 is 4.90 Å². The smallest absolute Gasteiger partial charge is 0.253 e. The molecule has 0 saturated heterocycles. The third-order valence-corrected chi connectivity index (χ3v) is 6.06. The van der Waals surface area contributed by atoms with Gasteiger partial charge in [0, 0.05) is 30.9 Å². The zero-order valence-corrected chi connectivity index (χ0v) is 16.9. The highest BCUT2D eigenvalue weighted by Crippen LogP contribution is 2.23. The monoisotopic (exact) mass is 418 g/mol. The minimum atomic E-state index is -3.76. The van der Waals surface area contributed by atoms with Crippen molar-refractivity contribution < 1.29 is 13.2 Å². The molecule has 0 aliphatic carbocycles. The third kappa shape index (κ3) is 4.24. The van der Waals surface area contributed by atoms with Crippen molar-refractivity contribution in [3.05, 3.63) is 77.1 Å². The van der Waals surface area contributed by atoms with Crippen molar-refractivity contribution in [3.8, 4) is 5.69 Å². The third-order valence-electron chi connectivity index (χ3n) is 4.16. The topological polar surface area (TPSA) is 84.3 Å². The highest BCUT2D eigenvalue weighted by molar-refractivity contribution is 7.89. The van der Waals surface area contributed by atoms with Gasteiger partial charge in [0.1, 0.15) is 4.90 Å². The Labute approximate surface area is 168 Å². The summed E-state index contributed by atoms with van der Waals surface area (Å²) in [5.74, 6) is -0.323. The first-order valence-electron chi connectivity index (χ1n) is 8.39. The van der Waals surface area contributed by atoms with Crippen LogP contribution in [0.2, 0.25) is 5.02 Å². The van der Waals surface area contributed by atoms with Crippen LogP contribution in [0, 0.1) is 0 Å². The van der Waals surface area contributed by atoms with E-state index in [4.69, 9.17) is 11.6 Å². The van der Waals surface area contributed by atoms with Gasteiger partial charge in [-0.3, -0.25) is 4.79 Å². The number of halogens is 1. The second kappa shape index (κ2) is 8.14. The molecule has 1 aromatic heterocycles. The Morgan fingerprint density at radius 3 is 2.61 bits per heavy atom. The summed E-state index contributed by atoms with van der Waals surface area (Å²) >= 11 is 5.98. The average Bonchev–Trinajstić information content (AvgIpc) is 3.16. The zero-order chi connectivity index (χ0) is 20.3. The SMILES string of the molecule is CNS(=O)(=O)c1cc(C(=O)N(C)Cc2cnn(-c3ccccc3)c2)ccc1Cl. The quantitative estimate of drug-likeness (QED) is 0.667. The Morgan fingerprint density at radius 1 is 1.21 bits per heavy atom. The van der Waals surface area contributed by atoms with Gasteiger partial charge in [0.25, 0.3) is 5.91 Å². The van der Waals surface area contributed by atoms with E-state index in [1.165, 1.54) is 30.1 Å². The van der Waals surface area contributed by atoms with E-state index in [-0.39, 0.29) is 21.4 Å². The van der Waals surface area contributed by atoms with Crippen LogP contribution in [0.5, 0.6) is 0 Å². The van der Waals surface area contributed by atoms with Gasteiger partial charge in [0.05, 0.1) is 16.9 Å². The number of carbonyl (C=O) groups is 1. The fraction of sp³-hybridized carbons (Fsp3) is 0.158. The second-order valence-electron chi connectivity index (χ2n) is 6.14. The molecule has 0 bridgehead atoms. The minimum Gasteiger partial charge on any atom is -0.337 e. The zero-order valence-electron chi connectivity index (χ0n) is 15.3. The molecule has 0 spiro atoms. The molecule has 0 aliphatic rings. The van der Waals surface area contributed by atoms with Crippen molar-refractivity contribution in [3.63, 3.8) is 0 Å². The fourth-order valence-corrected chi connectivity index (χ4v) is 3.93. The van der Waals surface area contributed by atoms with Crippen LogP contribution in [0.3, 0.4) is 0 Å². The summed E-state index contributed by atoms with van der Waals surface area (Å²) < 4.78 is 28.1. The summed E-state index contributed by atoms with van der Waals surface area (Å²) in [6, 6.07) is 13.8. The Morgan fingerprint density at radius 2 is 1.93 bits per heavy atom. The maximum absolute atomic E-state index is 12.7. The standard InChI is InChI=1S/C19H19ClN4O3S/c1-21-28(26,27)18-10-15(8-9-17(18)20)19(25)23(2)12-14-11-22-24(13-14)16-6-4-3-5-7-16/h3-11,13,21H,12H2,1-2H3. The Bertz CT molecular complexity index is 1100. The lowest BCUT2D eigenvalue weighted by Gasteiger charge is -2.17. The summed E-state index contributed by atoms with van der Waals surface area (Å²) in [6.07, 6.45) is 3.54. The van der Waals surface area contributed by atoms with Crippen LogP contribution in [0.4, 0.5) is 0 Å². The molecule has 0 saturated carbocycles. The molecule has 0 atom stereocenters. The molecular formula is C19H19ClN4O3S. The molecule has 1 heterocycles. The van der Waals surface area contributed by atoms with E-state index in [1.807, 2.05) is 36.5 Å². The Balaban J connectivity index is 1.79. The molecule has 146 valence electrons. The van der Waals surface area contributed by atoms with Crippen molar-refractivity contribution in [2.24, 2.45) is 0 Å². The first-order valence-corrected chi connectivity index (χ1v) is 10.3. The van der Waals surface area contributed by atoms with E-state index < -0.39 is 10.0 Å². The van der Waals surface area contributed by atoms with E-state index >= 15 is 0 Å². The number of hydrogen-bond acceptors (Lipinski definition) is 4. The Kier molecular flexibility index (Phi) is 5.83. The summed E-state index contributed by atoms with van der Waals surface area (Å²) in [5, 5.41) is 4.37. The van der Waals surface area contributed by atoms with E-state index in [9.17, 15) is 13.2 Å². The predicted molar refractivity (Wildman–Crippen MR) is 107 cm³/mol. The number of nitrogens with one attached hydrogen (secondary N) is 1. The van der Waals surface area contributed by atoms with Gasteiger partial charge in [-0.15, -0.1) is 0 Å². The number of nitrogens with zero attached hydrogens (tertiary/aromatic N) is 3. The highest BCUT2D eigenvalue weighted by Gasteiger charge is 2.20. The molecule has 28 heavy (non-hydrogen) atoms. The van der Waals surface area contributed by atoms with Crippen LogP contribution in [0.15, 0.2) is 65.8 Å². The van der Waals surface area contributed by atoms with E-state index in [2.05, 4.69) is 9.82 Å². The molecule has 1 N–H and O–H groups in total. The molecule has 3 aromatic rings. The van der Waals surface area contributed by atoms with Crippen LogP contribution in [0.25, 0.3) is 5.69 Å². The van der Waals surface area contributed by atoms with Crippen molar-refractivity contribution >= 4 is 27.5 Å². The molecule has 9 heteroatoms. The lowest BCUT2D eigenvalue weighted by atomic mass is 10.2. The molecule has 0 unspecified atom stereocenters. The Hall–Kier alpha value is -2.68. The molecule has 2 aromatic carbocycles. The normalized spacial score (nSPS) is 11.4. The van der Waals surface area contributed by atoms with Crippen molar-refractivity contribution in [2.75, 3.05) is 14.1 Å². The first kappa shape index (κ1) is 20.1. The highest BCUT2D eigenvalue weighted by atomic mass is 35.5. The lowest BCUT2D eigenvalue weighted by molar-refractivity contribution is 0.0785. The number of carbonyl (C=O) groups excluding carboxylic acids is 1. The minimum absolute atomic E-state index is 0.0534. The van der Waals surface area contributed by atoms with E-state index in [1.54, 1.807) is 17.9 Å². The van der Waals surface area contributed by atoms with Gasteiger partial charge in [-0.2, -0.15) is 5.10 Å². The van der Waals surface area contributed by atoms with Crippen molar-refractivity contribution in [1.82, 2.24) is 19.4 Å². The van der Waals surface area contributed by atoms with Crippen LogP contribution < -0.4 is 4.72 Å². The number of benzene rings is 2. The fourth-order valence-electron chi connectivity index (χ4n) is 2.68. The molecule has 3 rings (SSSR count). The number of para-hydroxylation sites is 1. The maximum atomic E-state index is 12.7. The van der Waals surface area contributed by atoms with Crippen LogP contribution in [-0.4, -0.2) is 43.1 Å². The van der Waals surface area contributed by atoms with Crippen LogP contribution >= 0.6 is 11.6 Å². The largest absolute Gasteiger partial charge is 0.337 e. The summed E-state index contributed by atoms with van der Waals surface area (Å²) in [5.41, 5.74) is 2.00. The summed E-state index contributed by atoms with van der Waals surface area (Å²) in [6.45, 7) is 0.322. The van der Waals surface area contributed by atoms with E-state index in [0.717, 1.165) is 11.3 Å². The summed E-state index contributed by atoms with van der Waals surface area (Å²) in [7, 11) is -0.833. The van der Waals surface area contributed by atoms with E-state index in [0.29, 0.717) is 6.54 Å². The number of rotatable bonds is 6. The number of sulfonamides is 1. The van der Waals surface area contributed by atoms with Crippen molar-refractivity contribution in [2.45, 2.75) is 11.4 Å². The van der Waals surface area contributed by atoms with Gasteiger partial charge in [-0.25, -0.2) is 17.8 Å². The van der Waals surface area contributed by atoms with Crippen molar-refractivity contribution in [1.29, 1.82) is 0 Å². The second-order valence-corrected chi connectivity index (χ2v) is 8.40. The number of aromatic nitrogens is 2. The maximum Gasteiger partial charge on any atom is 0.253 e. The van der Waals surface area contributed by atoms with Crippen LogP contribution in [0.1, 0.15) is 15.9 Å². The molecule has 7 nitrogen and oxygen atoms in total. The molecule has 0 aliphatic heterocycles. The summed E-state index contributed by atoms with van der Waals surface area (Å²) in [4.78, 5) is 14.1. The lowest BCUT2D eigenvalue weighted by Crippen LogP contribution is -2.26. The van der Waals surface area contributed by atoms with Gasteiger partial charge in [-0.1, -0.05) is 29.8 Å². The van der Waals surface area contributed by atoms with Gasteiger partial charge >= 0.3 is 0 Å². The number of amides is 1. The number of hydrogen-bond donors (Lipinski definition) is 1. The predicted octanol–water partition coefficient (Wildman–Crippen LogP) is 2.71. The van der Waals surface area contributed by atoms with Crippen LogP contribution in [-0.2, 0) is 16.6 Å². The van der Waals surface area contributed by atoms with Gasteiger partial charge in [0.2, 0.25) is 10.0 Å². The van der Waals surface area contributed by atoms with Gasteiger partial charge in [0.15, 0.2) is 0 Å². The first-order chi connectivity index (χ1) is 13.3. The molecule has 0 radical (unpaired) electrons. The average molecular weight is 419 g/mol. The molecule has 1 amide bonds. The van der Waals surface area contributed by atoms with Gasteiger partial charge in [-0.05, 0) is 37.4 Å².